The van der Waals surface area contributed by atoms with E-state index in [0.29, 0.717) is 22.8 Å². The molecular formula is C26H30N2O5S. The van der Waals surface area contributed by atoms with Crippen molar-refractivity contribution in [1.82, 2.24) is 5.32 Å². The molecule has 2 aromatic rings. The Kier molecular flexibility index (Phi) is 9.04. The van der Waals surface area contributed by atoms with Crippen molar-refractivity contribution >= 4 is 35.4 Å². The van der Waals surface area contributed by atoms with Gasteiger partial charge in [0.25, 0.3) is 5.91 Å². The monoisotopic (exact) mass is 482 g/mol. The first-order chi connectivity index (χ1) is 16.5. The van der Waals surface area contributed by atoms with Crippen molar-refractivity contribution < 1.29 is 23.8 Å². The molecule has 180 valence electrons. The number of methoxy groups -OCH3 is 1. The number of hydrogen-bond donors (Lipinski definition) is 2. The van der Waals surface area contributed by atoms with Gasteiger partial charge in [-0.3, -0.25) is 4.79 Å². The molecular weight excluding hydrogens is 452 g/mol. The summed E-state index contributed by atoms with van der Waals surface area (Å²) in [4.78, 5) is 24.9. The van der Waals surface area contributed by atoms with Crippen molar-refractivity contribution in [2.75, 3.05) is 25.6 Å². The van der Waals surface area contributed by atoms with Crippen LogP contribution in [0, 0.1) is 0 Å². The normalized spacial score (nSPS) is 16.1. The molecule has 1 saturated heterocycles. The molecule has 3 rings (SSSR count). The molecule has 1 aliphatic rings. The van der Waals surface area contributed by atoms with Crippen molar-refractivity contribution in [3.63, 3.8) is 0 Å². The van der Waals surface area contributed by atoms with E-state index < -0.39 is 5.97 Å². The van der Waals surface area contributed by atoms with E-state index in [1.807, 2.05) is 24.3 Å². The predicted octanol–water partition coefficient (Wildman–Crippen LogP) is 4.53. The van der Waals surface area contributed by atoms with Gasteiger partial charge in [-0.25, -0.2) is 4.79 Å². The molecule has 0 bridgehead atoms. The molecule has 0 saturated carbocycles. The Hall–Kier alpha value is -3.39. The quantitative estimate of drug-likeness (QED) is 0.277. The minimum Gasteiger partial charge on any atom is -0.493 e. The number of anilines is 1. The Balaban J connectivity index is 1.79. The van der Waals surface area contributed by atoms with E-state index in [1.165, 1.54) is 24.4 Å². The second-order valence-corrected chi connectivity index (χ2v) is 8.62. The third kappa shape index (κ3) is 6.57. The Morgan fingerprint density at radius 1 is 1.24 bits per heavy atom. The van der Waals surface area contributed by atoms with Crippen molar-refractivity contribution in [2.24, 2.45) is 0 Å². The molecule has 8 heteroatoms. The van der Waals surface area contributed by atoms with Crippen LogP contribution >= 0.6 is 11.8 Å². The van der Waals surface area contributed by atoms with Crippen LogP contribution in [0.15, 0.2) is 54.0 Å². The van der Waals surface area contributed by atoms with E-state index >= 15 is 0 Å². The molecule has 0 aliphatic carbocycles. The summed E-state index contributed by atoms with van der Waals surface area (Å²) in [6, 6.07) is 11.8. The van der Waals surface area contributed by atoms with E-state index in [2.05, 4.69) is 36.3 Å². The van der Waals surface area contributed by atoms with Crippen LogP contribution in [0.5, 0.6) is 11.5 Å². The average Bonchev–Trinajstić information content (AvgIpc) is 3.17. The highest BCUT2D eigenvalue weighted by atomic mass is 32.2. The fourth-order valence-corrected chi connectivity index (χ4v) is 4.41. The first-order valence-corrected chi connectivity index (χ1v) is 12.0. The van der Waals surface area contributed by atoms with Gasteiger partial charge >= 0.3 is 5.97 Å². The average molecular weight is 483 g/mol. The zero-order chi connectivity index (χ0) is 24.5. The Bertz CT molecular complexity index is 1070. The molecule has 2 aromatic carbocycles. The summed E-state index contributed by atoms with van der Waals surface area (Å²) in [5, 5.41) is 6.27. The molecule has 1 aliphatic heterocycles. The summed E-state index contributed by atoms with van der Waals surface area (Å²) in [7, 11) is 1.53. The van der Waals surface area contributed by atoms with Crippen molar-refractivity contribution in [2.45, 2.75) is 32.2 Å². The van der Waals surface area contributed by atoms with Gasteiger partial charge in [0, 0.05) is 11.3 Å². The van der Waals surface area contributed by atoms with E-state index in [9.17, 15) is 9.59 Å². The van der Waals surface area contributed by atoms with Gasteiger partial charge in [-0.15, -0.1) is 6.58 Å². The van der Waals surface area contributed by atoms with Gasteiger partial charge in [-0.2, -0.15) is 0 Å². The van der Waals surface area contributed by atoms with E-state index in [4.69, 9.17) is 14.2 Å². The molecule has 7 nitrogen and oxygen atoms in total. The highest BCUT2D eigenvalue weighted by Gasteiger charge is 2.27. The van der Waals surface area contributed by atoms with Gasteiger partial charge in [-0.05, 0) is 61.2 Å². The Labute approximate surface area is 204 Å². The first-order valence-electron chi connectivity index (χ1n) is 11.1. The summed E-state index contributed by atoms with van der Waals surface area (Å²) in [5.74, 6) is 0.308. The van der Waals surface area contributed by atoms with Gasteiger partial charge in [0.15, 0.2) is 23.6 Å². The second-order valence-electron chi connectivity index (χ2n) is 7.47. The summed E-state index contributed by atoms with van der Waals surface area (Å²) < 4.78 is 16.2. The molecule has 2 N–H and O–H groups in total. The lowest BCUT2D eigenvalue weighted by Crippen LogP contribution is -2.30. The lowest BCUT2D eigenvalue weighted by Gasteiger charge is -2.15. The van der Waals surface area contributed by atoms with Gasteiger partial charge in [-0.1, -0.05) is 36.9 Å². The molecule has 0 aromatic heterocycles. The molecule has 0 radical (unpaired) electrons. The van der Waals surface area contributed by atoms with Crippen molar-refractivity contribution in [1.29, 1.82) is 0 Å². The van der Waals surface area contributed by atoms with Crippen LogP contribution in [0.3, 0.4) is 0 Å². The zero-order valence-corrected chi connectivity index (χ0v) is 20.5. The number of carbonyl (C=O) groups excluding carboxylic acids is 2. The molecule has 1 amide bonds. The Morgan fingerprint density at radius 2 is 2.00 bits per heavy atom. The number of amides is 1. The minimum atomic E-state index is -0.456. The number of esters is 1. The number of thioether (sulfide) groups is 1. The van der Waals surface area contributed by atoms with Crippen LogP contribution < -0.4 is 20.1 Å². The molecule has 0 spiro atoms. The second kappa shape index (κ2) is 12.2. The van der Waals surface area contributed by atoms with E-state index in [0.717, 1.165) is 23.2 Å². The van der Waals surface area contributed by atoms with Crippen LogP contribution in [-0.4, -0.2) is 37.7 Å². The minimum absolute atomic E-state index is 0.153. The van der Waals surface area contributed by atoms with Crippen LogP contribution in [0.25, 0.3) is 6.08 Å². The summed E-state index contributed by atoms with van der Waals surface area (Å²) >= 11 is 1.41. The van der Waals surface area contributed by atoms with Crippen LogP contribution in [-0.2, 0) is 27.2 Å². The highest BCUT2D eigenvalue weighted by Crippen LogP contribution is 2.36. The van der Waals surface area contributed by atoms with E-state index in [1.54, 1.807) is 19.1 Å². The number of allylic oxidation sites excluding steroid dienone is 1. The number of aryl methyl sites for hydroxylation is 1. The van der Waals surface area contributed by atoms with Gasteiger partial charge in [0.1, 0.15) is 0 Å². The number of hydrogen-bond acceptors (Lipinski definition) is 7. The lowest BCUT2D eigenvalue weighted by molar-refractivity contribution is -0.145. The SMILES string of the molecule is C=CCc1cc(/C=C2\S[C@@H](Nc3ccc(CC)cc3)NC2=O)cc(OC)c1OCC(=O)OCC. The standard InChI is InChI=1S/C26H30N2O5S/c1-5-8-19-13-18(14-21(31-4)24(19)33-16-23(29)32-7-3)15-22-25(30)28-26(34-22)27-20-11-9-17(6-2)10-12-20/h5,9-15,26-27H,1,6-8,16H2,2-4H3,(H,28,30)/b22-15-/t26-/m0/s1. The number of ether oxygens (including phenoxy) is 3. The number of carbonyl (C=O) groups is 2. The summed E-state index contributed by atoms with van der Waals surface area (Å²) in [5.41, 5.74) is 3.50. The fraction of sp³-hybridized carbons (Fsp3) is 0.308. The molecule has 34 heavy (non-hydrogen) atoms. The highest BCUT2D eigenvalue weighted by molar-refractivity contribution is 8.05. The predicted molar refractivity (Wildman–Crippen MR) is 136 cm³/mol. The molecule has 1 heterocycles. The van der Waals surface area contributed by atoms with Crippen molar-refractivity contribution in [3.8, 4) is 11.5 Å². The molecule has 0 unspecified atom stereocenters. The molecule has 1 atom stereocenters. The Morgan fingerprint density at radius 3 is 2.65 bits per heavy atom. The summed E-state index contributed by atoms with van der Waals surface area (Å²) in [6.45, 7) is 7.71. The molecule has 1 fully saturated rings. The largest absolute Gasteiger partial charge is 0.493 e. The third-order valence-corrected chi connectivity index (χ3v) is 6.10. The lowest BCUT2D eigenvalue weighted by atomic mass is 10.0. The number of rotatable bonds is 11. The van der Waals surface area contributed by atoms with Crippen LogP contribution in [0.1, 0.15) is 30.5 Å². The first kappa shape index (κ1) is 25.2. The zero-order valence-electron chi connectivity index (χ0n) is 19.7. The smallest absolute Gasteiger partial charge is 0.344 e. The van der Waals surface area contributed by atoms with Gasteiger partial charge in [0.2, 0.25) is 0 Å². The maximum Gasteiger partial charge on any atom is 0.344 e. The maximum absolute atomic E-state index is 12.6. The van der Waals surface area contributed by atoms with Crippen molar-refractivity contribution in [3.05, 3.63) is 70.6 Å². The van der Waals surface area contributed by atoms with Crippen LogP contribution in [0.4, 0.5) is 5.69 Å². The summed E-state index contributed by atoms with van der Waals surface area (Å²) in [6.07, 6.45) is 5.03. The topological polar surface area (TPSA) is 85.9 Å². The van der Waals surface area contributed by atoms with E-state index in [-0.39, 0.29) is 24.6 Å². The fourth-order valence-electron chi connectivity index (χ4n) is 3.43. The maximum atomic E-state index is 12.6. The van der Waals surface area contributed by atoms with Gasteiger partial charge in [0.05, 0.1) is 18.6 Å². The van der Waals surface area contributed by atoms with Gasteiger partial charge < -0.3 is 24.8 Å². The number of nitrogens with one attached hydrogen (secondary N) is 2. The van der Waals surface area contributed by atoms with Crippen LogP contribution in [0.2, 0.25) is 0 Å². The third-order valence-electron chi connectivity index (χ3n) is 5.07. The number of benzene rings is 2.